The molecule has 0 spiro atoms. The number of aromatic carboxylic acids is 1. The van der Waals surface area contributed by atoms with E-state index in [1.807, 2.05) is 38.1 Å². The molecule has 0 atom stereocenters. The number of carbonyl (C=O) groups is 2. The lowest BCUT2D eigenvalue weighted by molar-refractivity contribution is -0.122. The third kappa shape index (κ3) is 2.32. The molecule has 1 amide bonds. The van der Waals surface area contributed by atoms with E-state index in [2.05, 4.69) is 5.32 Å². The largest absolute Gasteiger partial charge is 0.475 e. The summed E-state index contributed by atoms with van der Waals surface area (Å²) in [5.74, 6) is -0.929. The van der Waals surface area contributed by atoms with E-state index in [-0.39, 0.29) is 18.2 Å². The molecule has 6 heteroatoms. The van der Waals surface area contributed by atoms with E-state index in [9.17, 15) is 9.59 Å². The Hall–Kier alpha value is -2.76. The molecule has 0 unspecified atom stereocenters. The Balaban J connectivity index is 1.97. The van der Waals surface area contributed by atoms with Gasteiger partial charge in [-0.3, -0.25) is 4.79 Å². The smallest absolute Gasteiger partial charge is 0.371 e. The molecular weight excluding hydrogens is 284 g/mol. The molecule has 6 nitrogen and oxygen atoms in total. The van der Waals surface area contributed by atoms with E-state index in [0.717, 1.165) is 11.4 Å². The Morgan fingerprint density at radius 3 is 2.68 bits per heavy atom. The zero-order valence-electron chi connectivity index (χ0n) is 12.3. The van der Waals surface area contributed by atoms with E-state index in [0.29, 0.717) is 5.76 Å². The van der Waals surface area contributed by atoms with Gasteiger partial charge in [-0.15, -0.1) is 0 Å². The molecule has 0 bridgehead atoms. The molecule has 0 radical (unpaired) electrons. The molecule has 114 valence electrons. The number of carboxylic acids is 1. The van der Waals surface area contributed by atoms with Crippen LogP contribution in [0, 0.1) is 0 Å². The van der Waals surface area contributed by atoms with Gasteiger partial charge in [0.15, 0.2) is 0 Å². The first-order valence-electron chi connectivity index (χ1n) is 6.90. The van der Waals surface area contributed by atoms with Gasteiger partial charge in [-0.2, -0.15) is 0 Å². The molecule has 2 heterocycles. The van der Waals surface area contributed by atoms with Crippen LogP contribution >= 0.6 is 0 Å². The molecule has 1 aromatic heterocycles. The number of nitrogens with one attached hydrogen (secondary N) is 1. The van der Waals surface area contributed by atoms with Gasteiger partial charge in [0.05, 0.1) is 17.9 Å². The van der Waals surface area contributed by atoms with E-state index in [1.165, 1.54) is 6.07 Å². The molecule has 0 fully saturated rings. The summed E-state index contributed by atoms with van der Waals surface area (Å²) < 4.78 is 5.27. The number of hydrogen-bond acceptors (Lipinski definition) is 4. The lowest BCUT2D eigenvalue weighted by Crippen LogP contribution is -2.53. The van der Waals surface area contributed by atoms with Crippen molar-refractivity contribution < 1.29 is 19.1 Å². The Morgan fingerprint density at radius 2 is 2.00 bits per heavy atom. The number of benzene rings is 1. The highest BCUT2D eigenvalue weighted by molar-refractivity contribution is 6.07. The first kappa shape index (κ1) is 14.2. The Morgan fingerprint density at radius 1 is 1.27 bits per heavy atom. The summed E-state index contributed by atoms with van der Waals surface area (Å²) >= 11 is 0. The van der Waals surface area contributed by atoms with Crippen molar-refractivity contribution in [2.45, 2.75) is 25.9 Å². The standard InChI is InChI=1S/C16H16N2O4/c1-16(2)15(21)18(12-6-4-3-5-11(12)17-16)9-10-7-8-13(22-10)14(19)20/h3-8,17H,9H2,1-2H3,(H,19,20). The molecule has 3 rings (SSSR count). The third-order valence-corrected chi connectivity index (χ3v) is 3.61. The first-order chi connectivity index (χ1) is 10.4. The third-order valence-electron chi connectivity index (χ3n) is 3.61. The van der Waals surface area contributed by atoms with Gasteiger partial charge in [0.1, 0.15) is 11.3 Å². The number of furan rings is 1. The molecule has 1 aromatic carbocycles. The molecule has 2 N–H and O–H groups in total. The topological polar surface area (TPSA) is 82.8 Å². The second-order valence-electron chi connectivity index (χ2n) is 5.73. The minimum absolute atomic E-state index is 0.0977. The molecule has 1 aliphatic heterocycles. The van der Waals surface area contributed by atoms with Gasteiger partial charge >= 0.3 is 5.97 Å². The highest BCUT2D eigenvalue weighted by Gasteiger charge is 2.38. The molecule has 0 aliphatic carbocycles. The van der Waals surface area contributed by atoms with Crippen LogP contribution in [0.25, 0.3) is 0 Å². The number of fused-ring (bicyclic) bond motifs is 1. The number of carbonyl (C=O) groups excluding carboxylic acids is 1. The second kappa shape index (κ2) is 4.91. The van der Waals surface area contributed by atoms with Gasteiger partial charge in [-0.05, 0) is 38.1 Å². The number of anilines is 2. The average molecular weight is 300 g/mol. The second-order valence-corrected chi connectivity index (χ2v) is 5.73. The van der Waals surface area contributed by atoms with Crippen molar-refractivity contribution in [1.82, 2.24) is 0 Å². The van der Waals surface area contributed by atoms with Gasteiger partial charge in [-0.1, -0.05) is 12.1 Å². The van der Waals surface area contributed by atoms with E-state index >= 15 is 0 Å². The number of nitrogens with zero attached hydrogens (tertiary/aromatic N) is 1. The minimum Gasteiger partial charge on any atom is -0.475 e. The normalized spacial score (nSPS) is 16.1. The molecule has 22 heavy (non-hydrogen) atoms. The van der Waals surface area contributed by atoms with Crippen molar-refractivity contribution in [3.05, 3.63) is 47.9 Å². The zero-order valence-corrected chi connectivity index (χ0v) is 12.3. The maximum Gasteiger partial charge on any atom is 0.371 e. The molecule has 0 saturated carbocycles. The maximum atomic E-state index is 12.7. The minimum atomic E-state index is -1.13. The molecule has 0 saturated heterocycles. The molecule has 1 aliphatic rings. The summed E-state index contributed by atoms with van der Waals surface area (Å²) in [6, 6.07) is 10.5. The van der Waals surface area contributed by atoms with Crippen molar-refractivity contribution in [2.24, 2.45) is 0 Å². The predicted molar refractivity (Wildman–Crippen MR) is 81.0 cm³/mol. The van der Waals surface area contributed by atoms with Crippen molar-refractivity contribution >= 4 is 23.3 Å². The van der Waals surface area contributed by atoms with Crippen LogP contribution in [0.2, 0.25) is 0 Å². The van der Waals surface area contributed by atoms with Crippen LogP contribution in [0.5, 0.6) is 0 Å². The summed E-state index contributed by atoms with van der Waals surface area (Å²) in [5.41, 5.74) is 0.869. The quantitative estimate of drug-likeness (QED) is 0.910. The van der Waals surface area contributed by atoms with Crippen molar-refractivity contribution in [1.29, 1.82) is 0 Å². The highest BCUT2D eigenvalue weighted by Crippen LogP contribution is 2.36. The van der Waals surface area contributed by atoms with Crippen LogP contribution in [-0.4, -0.2) is 22.5 Å². The predicted octanol–water partition coefficient (Wildman–Crippen LogP) is 2.72. The number of hydrogen-bond donors (Lipinski definition) is 2. The fraction of sp³-hybridized carbons (Fsp3) is 0.250. The summed E-state index contributed by atoms with van der Waals surface area (Å²) in [5, 5.41) is 12.1. The fourth-order valence-corrected chi connectivity index (χ4v) is 2.54. The van der Waals surface area contributed by atoms with Crippen LogP contribution in [0.1, 0.15) is 30.2 Å². The zero-order chi connectivity index (χ0) is 15.9. The molecule has 2 aromatic rings. The average Bonchev–Trinajstić information content (AvgIpc) is 2.92. The monoisotopic (exact) mass is 300 g/mol. The van der Waals surface area contributed by atoms with Crippen LogP contribution in [-0.2, 0) is 11.3 Å². The van der Waals surface area contributed by atoms with Gasteiger partial charge < -0.3 is 19.7 Å². The van der Waals surface area contributed by atoms with Crippen LogP contribution in [0.3, 0.4) is 0 Å². The summed E-state index contributed by atoms with van der Waals surface area (Å²) in [6.07, 6.45) is 0. The number of carboxylic acid groups (broad SMARTS) is 1. The van der Waals surface area contributed by atoms with Crippen LogP contribution in [0.15, 0.2) is 40.8 Å². The Labute approximate surface area is 127 Å². The molecular formula is C16H16N2O4. The number of amides is 1. The SMILES string of the molecule is CC1(C)Nc2ccccc2N(Cc2ccc(C(=O)O)o2)C1=O. The first-order valence-corrected chi connectivity index (χ1v) is 6.90. The van der Waals surface area contributed by atoms with Crippen molar-refractivity contribution in [3.63, 3.8) is 0 Å². The van der Waals surface area contributed by atoms with E-state index in [4.69, 9.17) is 9.52 Å². The lowest BCUT2D eigenvalue weighted by Gasteiger charge is -2.39. The Bertz CT molecular complexity index is 748. The van der Waals surface area contributed by atoms with Gasteiger partial charge in [0.25, 0.3) is 5.91 Å². The van der Waals surface area contributed by atoms with Gasteiger partial charge in [0, 0.05) is 0 Å². The maximum absolute atomic E-state index is 12.7. The van der Waals surface area contributed by atoms with E-state index in [1.54, 1.807) is 11.0 Å². The fourth-order valence-electron chi connectivity index (χ4n) is 2.54. The Kier molecular flexibility index (Phi) is 3.16. The summed E-state index contributed by atoms with van der Waals surface area (Å²) in [4.78, 5) is 25.2. The number of rotatable bonds is 3. The van der Waals surface area contributed by atoms with Crippen LogP contribution in [0.4, 0.5) is 11.4 Å². The van der Waals surface area contributed by atoms with Crippen molar-refractivity contribution in [2.75, 3.05) is 10.2 Å². The number of para-hydroxylation sites is 2. The van der Waals surface area contributed by atoms with Gasteiger partial charge in [0.2, 0.25) is 5.76 Å². The van der Waals surface area contributed by atoms with Crippen molar-refractivity contribution in [3.8, 4) is 0 Å². The summed E-state index contributed by atoms with van der Waals surface area (Å²) in [7, 11) is 0. The lowest BCUT2D eigenvalue weighted by atomic mass is 9.98. The summed E-state index contributed by atoms with van der Waals surface area (Å²) in [6.45, 7) is 3.81. The van der Waals surface area contributed by atoms with Crippen LogP contribution < -0.4 is 10.2 Å². The van der Waals surface area contributed by atoms with Gasteiger partial charge in [-0.25, -0.2) is 4.79 Å². The highest BCUT2D eigenvalue weighted by atomic mass is 16.4. The van der Waals surface area contributed by atoms with E-state index < -0.39 is 11.5 Å².